The van der Waals surface area contributed by atoms with Crippen LogP contribution in [0, 0.1) is 0 Å². The van der Waals surface area contributed by atoms with Crippen LogP contribution < -0.4 is 10.5 Å². The Hall–Kier alpha value is -1.88. The smallest absolute Gasteiger partial charge is 0.305 e. The summed E-state index contributed by atoms with van der Waals surface area (Å²) in [7, 11) is 2.86. The second-order valence-corrected chi connectivity index (χ2v) is 3.81. The third kappa shape index (κ3) is 3.85. The van der Waals surface area contributed by atoms with Gasteiger partial charge >= 0.3 is 5.97 Å². The monoisotopic (exact) mass is 251 g/mol. The molecule has 0 radical (unpaired) electrons. The van der Waals surface area contributed by atoms with E-state index in [2.05, 4.69) is 4.74 Å². The highest BCUT2D eigenvalue weighted by Gasteiger charge is 2.17. The number of rotatable bonds is 6. The molecule has 1 unspecified atom stereocenters. The van der Waals surface area contributed by atoms with Gasteiger partial charge in [-0.05, 0) is 30.7 Å². The highest BCUT2D eigenvalue weighted by molar-refractivity contribution is 6.00. The van der Waals surface area contributed by atoms with Crippen molar-refractivity contribution in [3.8, 4) is 5.75 Å². The van der Waals surface area contributed by atoms with Gasteiger partial charge < -0.3 is 15.2 Å². The van der Waals surface area contributed by atoms with Crippen LogP contribution >= 0.6 is 0 Å². The molecule has 0 spiro atoms. The molecule has 0 heterocycles. The summed E-state index contributed by atoms with van der Waals surface area (Å²) < 4.78 is 9.49. The molecule has 1 rings (SSSR count). The van der Waals surface area contributed by atoms with E-state index >= 15 is 0 Å². The van der Waals surface area contributed by atoms with E-state index in [1.807, 2.05) is 0 Å². The average Bonchev–Trinajstić information content (AvgIpc) is 2.43. The van der Waals surface area contributed by atoms with Crippen molar-refractivity contribution in [2.45, 2.75) is 18.9 Å². The molecule has 0 saturated carbocycles. The van der Waals surface area contributed by atoms with Gasteiger partial charge in [0.25, 0.3) is 0 Å². The van der Waals surface area contributed by atoms with E-state index in [-0.39, 0.29) is 24.6 Å². The molecule has 1 aromatic rings. The minimum Gasteiger partial charge on any atom is -0.497 e. The lowest BCUT2D eigenvalue weighted by Gasteiger charge is -2.10. The van der Waals surface area contributed by atoms with Crippen LogP contribution in [0.25, 0.3) is 0 Å². The topological polar surface area (TPSA) is 78.6 Å². The van der Waals surface area contributed by atoms with Crippen molar-refractivity contribution in [1.82, 2.24) is 0 Å². The molecule has 0 aliphatic carbocycles. The van der Waals surface area contributed by atoms with Crippen molar-refractivity contribution in [1.29, 1.82) is 0 Å². The number of benzene rings is 1. The molecule has 0 aliphatic heterocycles. The third-order valence-electron chi connectivity index (χ3n) is 2.60. The van der Waals surface area contributed by atoms with Gasteiger partial charge in [0.1, 0.15) is 5.75 Å². The predicted molar refractivity (Wildman–Crippen MR) is 66.5 cm³/mol. The number of Topliss-reactive ketones (excluding diaryl/α,β-unsaturated/α-hetero) is 1. The molecule has 2 N–H and O–H groups in total. The number of esters is 1. The average molecular weight is 251 g/mol. The van der Waals surface area contributed by atoms with Crippen molar-refractivity contribution in [2.75, 3.05) is 14.2 Å². The van der Waals surface area contributed by atoms with E-state index in [4.69, 9.17) is 10.5 Å². The second-order valence-electron chi connectivity index (χ2n) is 3.81. The van der Waals surface area contributed by atoms with Crippen molar-refractivity contribution in [3.05, 3.63) is 29.8 Å². The number of carbonyl (C=O) groups is 2. The number of hydrogen-bond acceptors (Lipinski definition) is 5. The van der Waals surface area contributed by atoms with E-state index in [1.165, 1.54) is 7.11 Å². The Morgan fingerprint density at radius 3 is 2.33 bits per heavy atom. The molecule has 0 fully saturated rings. The maximum absolute atomic E-state index is 11.9. The molecule has 0 amide bonds. The Morgan fingerprint density at radius 1 is 1.22 bits per heavy atom. The van der Waals surface area contributed by atoms with Gasteiger partial charge in [-0.3, -0.25) is 9.59 Å². The summed E-state index contributed by atoms with van der Waals surface area (Å²) in [6, 6.07) is 6.00. The largest absolute Gasteiger partial charge is 0.497 e. The van der Waals surface area contributed by atoms with Gasteiger partial charge in [-0.15, -0.1) is 0 Å². The molecule has 5 nitrogen and oxygen atoms in total. The van der Waals surface area contributed by atoms with Gasteiger partial charge in [0.15, 0.2) is 5.78 Å². The third-order valence-corrected chi connectivity index (χ3v) is 2.60. The van der Waals surface area contributed by atoms with Crippen LogP contribution in [0.1, 0.15) is 23.2 Å². The first-order chi connectivity index (χ1) is 8.58. The number of methoxy groups -OCH3 is 2. The van der Waals surface area contributed by atoms with Crippen LogP contribution in [-0.2, 0) is 9.53 Å². The van der Waals surface area contributed by atoms with Crippen LogP contribution in [0.2, 0.25) is 0 Å². The fraction of sp³-hybridized carbons (Fsp3) is 0.385. The number of carbonyl (C=O) groups excluding carboxylic acids is 2. The maximum Gasteiger partial charge on any atom is 0.305 e. The lowest BCUT2D eigenvalue weighted by atomic mass is 10.0. The lowest BCUT2D eigenvalue weighted by Crippen LogP contribution is -2.31. The number of ketones is 1. The molecule has 98 valence electrons. The summed E-state index contributed by atoms with van der Waals surface area (Å²) in [5.41, 5.74) is 6.24. The summed E-state index contributed by atoms with van der Waals surface area (Å²) in [4.78, 5) is 22.9. The van der Waals surface area contributed by atoms with E-state index in [9.17, 15) is 9.59 Å². The first kappa shape index (κ1) is 14.2. The normalized spacial score (nSPS) is 11.7. The molecule has 0 aromatic heterocycles. The number of ether oxygens (including phenoxy) is 2. The molecular formula is C13H17NO4. The molecule has 0 bridgehead atoms. The lowest BCUT2D eigenvalue weighted by molar-refractivity contribution is -0.140. The SMILES string of the molecule is COC(=O)CCC(N)C(=O)c1ccc(OC)cc1. The van der Waals surface area contributed by atoms with Gasteiger partial charge in [-0.2, -0.15) is 0 Å². The summed E-state index contributed by atoms with van der Waals surface area (Å²) in [5.74, 6) is 0.115. The zero-order valence-corrected chi connectivity index (χ0v) is 10.5. The summed E-state index contributed by atoms with van der Waals surface area (Å²) in [6.07, 6.45) is 0.414. The van der Waals surface area contributed by atoms with Gasteiger partial charge in [0.2, 0.25) is 0 Å². The van der Waals surface area contributed by atoms with Crippen LogP contribution in [0.5, 0.6) is 5.75 Å². The molecule has 1 aromatic carbocycles. The molecule has 0 saturated heterocycles. The highest BCUT2D eigenvalue weighted by Crippen LogP contribution is 2.13. The van der Waals surface area contributed by atoms with Crippen LogP contribution in [0.3, 0.4) is 0 Å². The van der Waals surface area contributed by atoms with Gasteiger partial charge in [0.05, 0.1) is 20.3 Å². The first-order valence-electron chi connectivity index (χ1n) is 5.59. The quantitative estimate of drug-likeness (QED) is 0.606. The maximum atomic E-state index is 11.9. The standard InChI is InChI=1S/C13H17NO4/c1-17-10-5-3-9(4-6-10)13(16)11(14)7-8-12(15)18-2/h3-6,11H,7-8,14H2,1-2H3. The summed E-state index contributed by atoms with van der Waals surface area (Å²) >= 11 is 0. The minimum atomic E-state index is -0.697. The fourth-order valence-corrected chi connectivity index (χ4v) is 1.48. The minimum absolute atomic E-state index is 0.138. The molecule has 5 heteroatoms. The molecule has 18 heavy (non-hydrogen) atoms. The van der Waals surface area contributed by atoms with Gasteiger partial charge in [-0.25, -0.2) is 0 Å². The van der Waals surface area contributed by atoms with E-state index in [0.717, 1.165) is 0 Å². The Balaban J connectivity index is 2.59. The molecule has 1 atom stereocenters. The summed E-state index contributed by atoms with van der Waals surface area (Å²) in [6.45, 7) is 0. The predicted octanol–water partition coefficient (Wildman–Crippen LogP) is 1.16. The van der Waals surface area contributed by atoms with Crippen molar-refractivity contribution >= 4 is 11.8 Å². The van der Waals surface area contributed by atoms with E-state index in [0.29, 0.717) is 11.3 Å². The Morgan fingerprint density at radius 2 is 1.83 bits per heavy atom. The highest BCUT2D eigenvalue weighted by atomic mass is 16.5. The van der Waals surface area contributed by atoms with Gasteiger partial charge in [0, 0.05) is 12.0 Å². The van der Waals surface area contributed by atoms with Crippen molar-refractivity contribution < 1.29 is 19.1 Å². The van der Waals surface area contributed by atoms with Crippen molar-refractivity contribution in [3.63, 3.8) is 0 Å². The van der Waals surface area contributed by atoms with E-state index < -0.39 is 6.04 Å². The van der Waals surface area contributed by atoms with Crippen LogP contribution in [-0.4, -0.2) is 32.0 Å². The molecular weight excluding hydrogens is 234 g/mol. The zero-order valence-electron chi connectivity index (χ0n) is 10.5. The zero-order chi connectivity index (χ0) is 13.5. The molecule has 0 aliphatic rings. The van der Waals surface area contributed by atoms with Crippen LogP contribution in [0.15, 0.2) is 24.3 Å². The Kier molecular flexibility index (Phi) is 5.32. The summed E-state index contributed by atoms with van der Waals surface area (Å²) in [5, 5.41) is 0. The fourth-order valence-electron chi connectivity index (χ4n) is 1.48. The number of hydrogen-bond donors (Lipinski definition) is 1. The Bertz CT molecular complexity index is 414. The van der Waals surface area contributed by atoms with Crippen molar-refractivity contribution in [2.24, 2.45) is 5.73 Å². The van der Waals surface area contributed by atoms with E-state index in [1.54, 1.807) is 31.4 Å². The number of nitrogens with two attached hydrogens (primary N) is 1. The van der Waals surface area contributed by atoms with Gasteiger partial charge in [-0.1, -0.05) is 0 Å². The van der Waals surface area contributed by atoms with Crippen LogP contribution in [0.4, 0.5) is 0 Å². The Labute approximate surface area is 106 Å². The second kappa shape index (κ2) is 6.76. The first-order valence-corrected chi connectivity index (χ1v) is 5.59.